The van der Waals surface area contributed by atoms with Gasteiger partial charge in [0.2, 0.25) is 0 Å². The van der Waals surface area contributed by atoms with Crippen LogP contribution >= 0.6 is 27.5 Å². The molecule has 0 fully saturated rings. The zero-order valence-electron chi connectivity index (χ0n) is 9.43. The topological polar surface area (TPSA) is 50.3 Å². The molecule has 2 aromatic rings. The van der Waals surface area contributed by atoms with Crippen LogP contribution in [0.2, 0.25) is 5.02 Å². The molecule has 0 aliphatic carbocycles. The number of aromatic nitrogens is 1. The lowest BCUT2D eigenvalue weighted by Gasteiger charge is -2.14. The lowest BCUT2D eigenvalue weighted by Crippen LogP contribution is -2.29. The van der Waals surface area contributed by atoms with Gasteiger partial charge in [-0.15, -0.1) is 0 Å². The van der Waals surface area contributed by atoms with E-state index in [-0.39, 0.29) is 11.8 Å². The standard InChI is InChI=1S/C13H6BrClN2O2/c14-10-2-1-7(5-11(10)15)17-12(18)8-3-4-16-6-9(8)13(17)19/h1-6H. The largest absolute Gasteiger partial charge is 0.268 e. The molecule has 0 radical (unpaired) electrons. The van der Waals surface area contributed by atoms with Gasteiger partial charge < -0.3 is 0 Å². The van der Waals surface area contributed by atoms with Crippen molar-refractivity contribution in [1.29, 1.82) is 0 Å². The Morgan fingerprint density at radius 2 is 1.84 bits per heavy atom. The molecule has 1 aliphatic rings. The van der Waals surface area contributed by atoms with E-state index in [2.05, 4.69) is 20.9 Å². The smallest absolute Gasteiger partial charge is 0.267 e. The SMILES string of the molecule is O=C1c2ccncc2C(=O)N1c1ccc(Br)c(Cl)c1. The van der Waals surface area contributed by atoms with E-state index < -0.39 is 0 Å². The zero-order valence-corrected chi connectivity index (χ0v) is 11.8. The Balaban J connectivity index is 2.11. The molecule has 0 N–H and O–H groups in total. The summed E-state index contributed by atoms with van der Waals surface area (Å²) in [4.78, 5) is 29.4. The molecule has 0 spiro atoms. The first-order chi connectivity index (χ1) is 9.09. The number of carbonyl (C=O) groups is 2. The molecule has 2 heterocycles. The van der Waals surface area contributed by atoms with Gasteiger partial charge in [-0.05, 0) is 40.2 Å². The lowest BCUT2D eigenvalue weighted by molar-refractivity contribution is 0.0926. The fourth-order valence-electron chi connectivity index (χ4n) is 1.94. The number of hydrogen-bond acceptors (Lipinski definition) is 3. The first-order valence-electron chi connectivity index (χ1n) is 5.37. The van der Waals surface area contributed by atoms with E-state index in [4.69, 9.17) is 11.6 Å². The Morgan fingerprint density at radius 1 is 1.11 bits per heavy atom. The number of imide groups is 1. The van der Waals surface area contributed by atoms with Gasteiger partial charge in [-0.2, -0.15) is 0 Å². The minimum atomic E-state index is -0.383. The molecular weight excluding hydrogens is 332 g/mol. The number of rotatable bonds is 1. The van der Waals surface area contributed by atoms with E-state index in [1.54, 1.807) is 18.2 Å². The van der Waals surface area contributed by atoms with Gasteiger partial charge in [0.15, 0.2) is 0 Å². The number of hydrogen-bond donors (Lipinski definition) is 0. The van der Waals surface area contributed by atoms with Gasteiger partial charge in [-0.25, -0.2) is 4.90 Å². The number of anilines is 1. The second kappa shape index (κ2) is 4.43. The molecule has 0 atom stereocenters. The maximum Gasteiger partial charge on any atom is 0.267 e. The van der Waals surface area contributed by atoms with Crippen LogP contribution in [0.1, 0.15) is 20.7 Å². The van der Waals surface area contributed by atoms with Crippen LogP contribution in [0.15, 0.2) is 41.1 Å². The van der Waals surface area contributed by atoms with Gasteiger partial charge >= 0.3 is 0 Å². The third-order valence-corrected chi connectivity index (χ3v) is 4.08. The van der Waals surface area contributed by atoms with Gasteiger partial charge in [0.1, 0.15) is 0 Å². The molecule has 0 bridgehead atoms. The Morgan fingerprint density at radius 3 is 2.53 bits per heavy atom. The van der Waals surface area contributed by atoms with Crippen LogP contribution in [0.25, 0.3) is 0 Å². The van der Waals surface area contributed by atoms with Crippen LogP contribution in [0.3, 0.4) is 0 Å². The average Bonchev–Trinajstić information content (AvgIpc) is 2.66. The summed E-state index contributed by atoms with van der Waals surface area (Å²) >= 11 is 9.26. The van der Waals surface area contributed by atoms with Crippen molar-refractivity contribution >= 4 is 45.0 Å². The molecule has 19 heavy (non-hydrogen) atoms. The highest BCUT2D eigenvalue weighted by atomic mass is 79.9. The maximum absolute atomic E-state index is 12.2. The summed E-state index contributed by atoms with van der Waals surface area (Å²) < 4.78 is 0.705. The third kappa shape index (κ3) is 1.86. The van der Waals surface area contributed by atoms with Crippen LogP contribution in [-0.4, -0.2) is 16.8 Å². The van der Waals surface area contributed by atoms with Gasteiger partial charge in [-0.1, -0.05) is 11.6 Å². The van der Waals surface area contributed by atoms with Crippen molar-refractivity contribution in [3.8, 4) is 0 Å². The van der Waals surface area contributed by atoms with Gasteiger partial charge in [-0.3, -0.25) is 14.6 Å². The van der Waals surface area contributed by atoms with Gasteiger partial charge in [0.25, 0.3) is 11.8 Å². The Labute approximate surface area is 122 Å². The summed E-state index contributed by atoms with van der Waals surface area (Å²) in [6.07, 6.45) is 2.89. The minimum Gasteiger partial charge on any atom is -0.268 e. The van der Waals surface area contributed by atoms with Gasteiger partial charge in [0.05, 0.1) is 21.8 Å². The number of halogens is 2. The molecule has 1 aromatic heterocycles. The summed E-state index contributed by atoms with van der Waals surface area (Å²) in [6, 6.07) is 6.46. The molecule has 0 saturated carbocycles. The predicted molar refractivity (Wildman–Crippen MR) is 74.5 cm³/mol. The Hall–Kier alpha value is -1.72. The number of carbonyl (C=O) groups excluding carboxylic acids is 2. The summed E-state index contributed by atoms with van der Waals surface area (Å²) in [5, 5.41) is 0.437. The number of nitrogens with zero attached hydrogens (tertiary/aromatic N) is 2. The van der Waals surface area contributed by atoms with Crippen molar-refractivity contribution in [3.05, 3.63) is 57.3 Å². The number of pyridine rings is 1. The maximum atomic E-state index is 12.2. The Bertz CT molecular complexity index is 683. The number of fused-ring (bicyclic) bond motifs is 1. The molecule has 94 valence electrons. The van der Waals surface area contributed by atoms with E-state index in [0.717, 1.165) is 4.90 Å². The molecule has 0 unspecified atom stereocenters. The van der Waals surface area contributed by atoms with E-state index >= 15 is 0 Å². The van der Waals surface area contributed by atoms with Crippen LogP contribution in [0.4, 0.5) is 5.69 Å². The van der Waals surface area contributed by atoms with Crippen LogP contribution in [0, 0.1) is 0 Å². The molecule has 0 saturated heterocycles. The van der Waals surface area contributed by atoms with Crippen molar-refractivity contribution in [1.82, 2.24) is 4.98 Å². The molecule has 3 rings (SSSR count). The highest BCUT2D eigenvalue weighted by Gasteiger charge is 2.36. The van der Waals surface area contributed by atoms with Crippen molar-refractivity contribution in [3.63, 3.8) is 0 Å². The summed E-state index contributed by atoms with van der Waals surface area (Å²) in [7, 11) is 0. The highest BCUT2D eigenvalue weighted by Crippen LogP contribution is 2.32. The molecule has 1 aliphatic heterocycles. The second-order valence-corrected chi connectivity index (χ2v) is 5.23. The molecule has 4 nitrogen and oxygen atoms in total. The lowest BCUT2D eigenvalue weighted by atomic mass is 10.2. The fraction of sp³-hybridized carbons (Fsp3) is 0. The van der Waals surface area contributed by atoms with Crippen molar-refractivity contribution in [2.24, 2.45) is 0 Å². The predicted octanol–water partition coefficient (Wildman–Crippen LogP) is 3.30. The molecule has 1 aromatic carbocycles. The average molecular weight is 338 g/mol. The molecule has 6 heteroatoms. The van der Waals surface area contributed by atoms with E-state index in [0.29, 0.717) is 26.3 Å². The van der Waals surface area contributed by atoms with E-state index in [1.165, 1.54) is 18.5 Å². The van der Waals surface area contributed by atoms with Crippen LogP contribution in [0.5, 0.6) is 0 Å². The van der Waals surface area contributed by atoms with E-state index in [1.807, 2.05) is 0 Å². The van der Waals surface area contributed by atoms with Crippen LogP contribution in [-0.2, 0) is 0 Å². The first kappa shape index (κ1) is 12.3. The highest BCUT2D eigenvalue weighted by molar-refractivity contribution is 9.10. The zero-order chi connectivity index (χ0) is 13.6. The van der Waals surface area contributed by atoms with Gasteiger partial charge in [0, 0.05) is 16.9 Å². The summed E-state index contributed by atoms with van der Waals surface area (Å²) in [5.41, 5.74) is 1.12. The second-order valence-electron chi connectivity index (χ2n) is 3.97. The monoisotopic (exact) mass is 336 g/mol. The fourth-order valence-corrected chi connectivity index (χ4v) is 2.36. The summed E-state index contributed by atoms with van der Waals surface area (Å²) in [6.45, 7) is 0. The first-order valence-corrected chi connectivity index (χ1v) is 6.54. The van der Waals surface area contributed by atoms with Crippen molar-refractivity contribution in [2.75, 3.05) is 4.90 Å². The van der Waals surface area contributed by atoms with Crippen molar-refractivity contribution < 1.29 is 9.59 Å². The van der Waals surface area contributed by atoms with Crippen molar-refractivity contribution in [2.45, 2.75) is 0 Å². The third-order valence-electron chi connectivity index (χ3n) is 2.85. The van der Waals surface area contributed by atoms with Crippen LogP contribution < -0.4 is 4.90 Å². The molecular formula is C13H6BrClN2O2. The quantitative estimate of drug-likeness (QED) is 0.750. The van der Waals surface area contributed by atoms with E-state index in [9.17, 15) is 9.59 Å². The Kier molecular flexibility index (Phi) is 2.88. The summed E-state index contributed by atoms with van der Waals surface area (Å²) in [5.74, 6) is -0.743. The minimum absolute atomic E-state index is 0.312. The number of benzene rings is 1. The normalized spacial score (nSPS) is 13.9. The number of amides is 2. The molecule has 2 amide bonds.